The number of hydrogen-bond acceptors (Lipinski definition) is 4. The van der Waals surface area contributed by atoms with Crippen molar-refractivity contribution in [3.63, 3.8) is 0 Å². The normalized spacial score (nSPS) is 9.78. The lowest BCUT2D eigenvalue weighted by molar-refractivity contribution is 0.0730. The van der Waals surface area contributed by atoms with E-state index in [0.717, 1.165) is 0 Å². The molecule has 0 aliphatic carbocycles. The molecular formula is C14H10O4. The minimum Gasteiger partial charge on any atom is -0.507 e. The number of carbonyl (C=O) groups is 2. The van der Waals surface area contributed by atoms with Gasteiger partial charge in [0.25, 0.3) is 0 Å². The molecule has 0 unspecified atom stereocenters. The van der Waals surface area contributed by atoms with Gasteiger partial charge in [-0.15, -0.1) is 0 Å². The van der Waals surface area contributed by atoms with Crippen LogP contribution < -0.4 is 4.74 Å². The van der Waals surface area contributed by atoms with Crippen molar-refractivity contribution in [3.8, 4) is 11.5 Å². The Morgan fingerprint density at radius 3 is 2.44 bits per heavy atom. The average molecular weight is 242 g/mol. The maximum absolute atomic E-state index is 11.8. The van der Waals surface area contributed by atoms with Crippen LogP contribution in [0.2, 0.25) is 0 Å². The van der Waals surface area contributed by atoms with Gasteiger partial charge in [-0.05, 0) is 24.3 Å². The van der Waals surface area contributed by atoms with Crippen molar-refractivity contribution in [1.29, 1.82) is 0 Å². The van der Waals surface area contributed by atoms with Crippen LogP contribution in [0.5, 0.6) is 11.5 Å². The van der Waals surface area contributed by atoms with Crippen LogP contribution in [0.15, 0.2) is 48.5 Å². The molecule has 4 heteroatoms. The lowest BCUT2D eigenvalue weighted by Gasteiger charge is -2.07. The van der Waals surface area contributed by atoms with E-state index >= 15 is 0 Å². The smallest absolute Gasteiger partial charge is 0.347 e. The summed E-state index contributed by atoms with van der Waals surface area (Å²) in [5, 5.41) is 9.52. The maximum Gasteiger partial charge on any atom is 0.347 e. The van der Waals surface area contributed by atoms with Crippen LogP contribution in [0, 0.1) is 0 Å². The highest BCUT2D eigenvalue weighted by molar-refractivity contribution is 5.94. The number of carbonyl (C=O) groups excluding carboxylic acids is 2. The van der Waals surface area contributed by atoms with Gasteiger partial charge in [-0.25, -0.2) is 4.79 Å². The minimum absolute atomic E-state index is 0.0539. The molecular weight excluding hydrogens is 232 g/mol. The molecule has 4 nitrogen and oxygen atoms in total. The Labute approximate surface area is 103 Å². The van der Waals surface area contributed by atoms with E-state index in [2.05, 4.69) is 0 Å². The van der Waals surface area contributed by atoms with Gasteiger partial charge in [0.05, 0.1) is 5.56 Å². The molecule has 2 aromatic carbocycles. The van der Waals surface area contributed by atoms with E-state index in [1.807, 2.05) is 0 Å². The molecule has 0 heterocycles. The maximum atomic E-state index is 11.8. The number of aromatic hydroxyl groups is 1. The molecule has 1 N–H and O–H groups in total. The van der Waals surface area contributed by atoms with Crippen LogP contribution in [-0.2, 0) is 0 Å². The van der Waals surface area contributed by atoms with Gasteiger partial charge >= 0.3 is 5.97 Å². The molecule has 0 fully saturated rings. The van der Waals surface area contributed by atoms with E-state index in [4.69, 9.17) is 4.74 Å². The number of phenolic OH excluding ortho intramolecular Hbond substituents is 1. The zero-order valence-corrected chi connectivity index (χ0v) is 9.37. The standard InChI is InChI=1S/C14H10O4/c15-9-10-5-1-4-8-13(10)18-14(17)11-6-2-3-7-12(11)16/h1-9,16H. The molecule has 18 heavy (non-hydrogen) atoms. The number of benzene rings is 2. The molecule has 2 aromatic rings. The summed E-state index contributed by atoms with van der Waals surface area (Å²) in [6, 6.07) is 12.4. The summed E-state index contributed by atoms with van der Waals surface area (Å²) in [6.07, 6.45) is 0.605. The zero-order chi connectivity index (χ0) is 13.0. The van der Waals surface area contributed by atoms with Crippen LogP contribution in [0.1, 0.15) is 20.7 Å². The Bertz CT molecular complexity index is 590. The first-order valence-corrected chi connectivity index (χ1v) is 5.27. The second-order valence-electron chi connectivity index (χ2n) is 3.56. The number of aldehydes is 1. The third-order valence-corrected chi connectivity index (χ3v) is 2.37. The van der Waals surface area contributed by atoms with E-state index in [1.165, 1.54) is 18.2 Å². The summed E-state index contributed by atoms with van der Waals surface area (Å²) in [7, 11) is 0. The zero-order valence-electron chi connectivity index (χ0n) is 9.37. The number of phenols is 1. The van der Waals surface area contributed by atoms with Crippen molar-refractivity contribution < 1.29 is 19.4 Å². The van der Waals surface area contributed by atoms with Gasteiger partial charge in [-0.3, -0.25) is 4.79 Å². The summed E-state index contributed by atoms with van der Waals surface area (Å²) in [4.78, 5) is 22.6. The third-order valence-electron chi connectivity index (χ3n) is 2.37. The van der Waals surface area contributed by atoms with Crippen molar-refractivity contribution in [2.45, 2.75) is 0 Å². The number of hydrogen-bond donors (Lipinski definition) is 1. The highest BCUT2D eigenvalue weighted by Crippen LogP contribution is 2.21. The lowest BCUT2D eigenvalue weighted by Crippen LogP contribution is -2.09. The van der Waals surface area contributed by atoms with Gasteiger partial charge in [0.1, 0.15) is 17.1 Å². The first kappa shape index (κ1) is 11.9. The van der Waals surface area contributed by atoms with Gasteiger partial charge in [-0.2, -0.15) is 0 Å². The fraction of sp³-hybridized carbons (Fsp3) is 0. The second kappa shape index (κ2) is 5.14. The van der Waals surface area contributed by atoms with Crippen molar-refractivity contribution in [3.05, 3.63) is 59.7 Å². The molecule has 0 bridgehead atoms. The van der Waals surface area contributed by atoms with Crippen molar-refractivity contribution >= 4 is 12.3 Å². The largest absolute Gasteiger partial charge is 0.507 e. The van der Waals surface area contributed by atoms with E-state index < -0.39 is 5.97 Å². The first-order valence-electron chi connectivity index (χ1n) is 5.27. The average Bonchev–Trinajstić information content (AvgIpc) is 2.39. The van der Waals surface area contributed by atoms with Crippen LogP contribution in [0.3, 0.4) is 0 Å². The highest BCUT2D eigenvalue weighted by Gasteiger charge is 2.14. The highest BCUT2D eigenvalue weighted by atomic mass is 16.5. The monoisotopic (exact) mass is 242 g/mol. The van der Waals surface area contributed by atoms with E-state index in [-0.39, 0.29) is 22.6 Å². The molecule has 0 aliphatic heterocycles. The van der Waals surface area contributed by atoms with Crippen LogP contribution in [0.25, 0.3) is 0 Å². The molecule has 0 saturated carbocycles. The number of para-hydroxylation sites is 2. The summed E-state index contributed by atoms with van der Waals surface area (Å²) >= 11 is 0. The fourth-order valence-corrected chi connectivity index (χ4v) is 1.47. The predicted molar refractivity (Wildman–Crippen MR) is 64.9 cm³/mol. The SMILES string of the molecule is O=Cc1ccccc1OC(=O)c1ccccc1O. The second-order valence-corrected chi connectivity index (χ2v) is 3.56. The fourth-order valence-electron chi connectivity index (χ4n) is 1.47. The molecule has 2 rings (SSSR count). The van der Waals surface area contributed by atoms with Crippen molar-refractivity contribution in [2.75, 3.05) is 0 Å². The summed E-state index contributed by atoms with van der Waals surface area (Å²) in [6.45, 7) is 0. The molecule has 0 amide bonds. The van der Waals surface area contributed by atoms with E-state index in [9.17, 15) is 14.7 Å². The van der Waals surface area contributed by atoms with E-state index in [0.29, 0.717) is 6.29 Å². The third kappa shape index (κ3) is 2.38. The Morgan fingerprint density at radius 2 is 1.72 bits per heavy atom. The molecule has 0 aliphatic rings. The predicted octanol–water partition coefficient (Wildman–Crippen LogP) is 2.42. The molecule has 0 radical (unpaired) electrons. The molecule has 0 saturated heterocycles. The van der Waals surface area contributed by atoms with E-state index in [1.54, 1.807) is 30.3 Å². The number of rotatable bonds is 3. The van der Waals surface area contributed by atoms with Crippen molar-refractivity contribution in [2.24, 2.45) is 0 Å². The molecule has 0 spiro atoms. The van der Waals surface area contributed by atoms with Crippen LogP contribution in [0.4, 0.5) is 0 Å². The molecule has 90 valence electrons. The van der Waals surface area contributed by atoms with Crippen LogP contribution >= 0.6 is 0 Å². The summed E-state index contributed by atoms with van der Waals surface area (Å²) in [5.74, 6) is -0.700. The Morgan fingerprint density at radius 1 is 1.06 bits per heavy atom. The first-order chi connectivity index (χ1) is 8.72. The number of ether oxygens (including phenoxy) is 1. The van der Waals surface area contributed by atoms with Gasteiger partial charge < -0.3 is 9.84 Å². The van der Waals surface area contributed by atoms with Gasteiger partial charge in [0, 0.05) is 0 Å². The van der Waals surface area contributed by atoms with Gasteiger partial charge in [0.15, 0.2) is 6.29 Å². The topological polar surface area (TPSA) is 63.6 Å². The Balaban J connectivity index is 2.27. The molecule has 0 aromatic heterocycles. The summed E-state index contributed by atoms with van der Waals surface area (Å²) in [5.41, 5.74) is 0.333. The lowest BCUT2D eigenvalue weighted by atomic mass is 10.2. The van der Waals surface area contributed by atoms with Gasteiger partial charge in [-0.1, -0.05) is 24.3 Å². The van der Waals surface area contributed by atoms with Gasteiger partial charge in [0.2, 0.25) is 0 Å². The summed E-state index contributed by atoms with van der Waals surface area (Å²) < 4.78 is 5.07. The molecule has 0 atom stereocenters. The Hall–Kier alpha value is -2.62. The quantitative estimate of drug-likeness (QED) is 0.510. The Kier molecular flexibility index (Phi) is 3.38. The van der Waals surface area contributed by atoms with Crippen LogP contribution in [-0.4, -0.2) is 17.4 Å². The number of esters is 1. The van der Waals surface area contributed by atoms with Crippen molar-refractivity contribution in [1.82, 2.24) is 0 Å². The minimum atomic E-state index is -0.706.